The van der Waals surface area contributed by atoms with Crippen molar-refractivity contribution in [2.75, 3.05) is 36.2 Å². The van der Waals surface area contributed by atoms with E-state index in [9.17, 15) is 19.8 Å². The van der Waals surface area contributed by atoms with Gasteiger partial charge in [0.1, 0.15) is 35.7 Å². The van der Waals surface area contributed by atoms with E-state index in [1.165, 1.54) is 40.7 Å². The van der Waals surface area contributed by atoms with E-state index >= 15 is 0 Å². The van der Waals surface area contributed by atoms with Crippen LogP contribution in [-0.4, -0.2) is 95.5 Å². The molecule has 2 aliphatic rings. The Morgan fingerprint density at radius 3 is 2.74 bits per heavy atom. The number of thioether (sulfide) groups is 3. The quantitative estimate of drug-likeness (QED) is 0.0178. The summed E-state index contributed by atoms with van der Waals surface area (Å²) in [5.74, 6) is -1.76. The zero-order valence-electron chi connectivity index (χ0n) is 26.3. The maximum atomic E-state index is 13.4. The number of oxime groups is 1. The number of aliphatic imine (C=N–C) groups is 1. The molecule has 6 rings (SSSR count). The van der Waals surface area contributed by atoms with Gasteiger partial charge in [0.15, 0.2) is 30.1 Å². The van der Waals surface area contributed by atoms with Gasteiger partial charge in [0.2, 0.25) is 0 Å². The summed E-state index contributed by atoms with van der Waals surface area (Å²) >= 11 is 5.02. The number of hydrogen-bond acceptors (Lipinski definition) is 18. The van der Waals surface area contributed by atoms with Crippen molar-refractivity contribution in [3.05, 3.63) is 71.3 Å². The molecule has 0 radical (unpaired) electrons. The van der Waals surface area contributed by atoms with E-state index in [0.717, 1.165) is 21.1 Å². The molecule has 16 nitrogen and oxygen atoms in total. The van der Waals surface area contributed by atoms with E-state index in [-0.39, 0.29) is 70.9 Å². The predicted molar refractivity (Wildman–Crippen MR) is 178 cm³/mol. The number of carboxylic acid groups (broad SMARTS) is 1. The van der Waals surface area contributed by atoms with E-state index in [0.29, 0.717) is 40.3 Å². The number of aromatic nitrogens is 5. The van der Waals surface area contributed by atoms with Crippen LogP contribution in [0, 0.1) is 0 Å². The Bertz CT molecular complexity index is 1910. The van der Waals surface area contributed by atoms with Crippen LogP contribution in [0.15, 0.2) is 90.3 Å². The number of nitrogen functional groups attached to an aromatic ring is 1. The van der Waals surface area contributed by atoms with Gasteiger partial charge in [-0.25, -0.2) is 9.55 Å². The number of nitrogens with zero attached hydrogens (tertiary/aromatic N) is 8. The minimum Gasteiger partial charge on any atom is -0.857 e. The van der Waals surface area contributed by atoms with Crippen molar-refractivity contribution in [3.8, 4) is 11.6 Å². The molecule has 4 aromatic rings. The van der Waals surface area contributed by atoms with Crippen molar-refractivity contribution in [1.29, 1.82) is 0 Å². The summed E-state index contributed by atoms with van der Waals surface area (Å²) in [6.45, 7) is 0.520. The molecule has 0 aromatic carbocycles. The number of anilines is 1. The number of hydrogen-bond donors (Lipinski definition) is 2. The van der Waals surface area contributed by atoms with Gasteiger partial charge in [-0.05, 0) is 17.7 Å². The maximum Gasteiger partial charge on any atom is 1.00 e. The fraction of sp³-hybridized carbons (Fsp3) is 0.276. The average Bonchev–Trinajstić information content (AvgIpc) is 3.77. The molecule has 1 fully saturated rings. The van der Waals surface area contributed by atoms with Gasteiger partial charge < -0.3 is 35.1 Å². The van der Waals surface area contributed by atoms with E-state index in [2.05, 4.69) is 30.3 Å². The maximum absolute atomic E-state index is 13.4. The third-order valence-corrected chi connectivity index (χ3v) is 10.8. The van der Waals surface area contributed by atoms with Gasteiger partial charge in [0.25, 0.3) is 17.0 Å². The molecule has 2 atom stereocenters. The van der Waals surface area contributed by atoms with Crippen LogP contribution >= 0.6 is 46.6 Å². The van der Waals surface area contributed by atoms with Crippen LogP contribution in [0.5, 0.6) is 0 Å². The zero-order valence-corrected chi connectivity index (χ0v) is 31.5. The third-order valence-electron chi connectivity index (χ3n) is 6.91. The van der Waals surface area contributed by atoms with E-state index in [4.69, 9.17) is 20.1 Å². The van der Waals surface area contributed by atoms with Crippen molar-refractivity contribution >= 4 is 75.2 Å². The van der Waals surface area contributed by atoms with Crippen LogP contribution in [-0.2, 0) is 21.0 Å². The van der Waals surface area contributed by atoms with E-state index in [1.54, 1.807) is 24.4 Å². The summed E-state index contributed by atoms with van der Waals surface area (Å²) in [7, 11) is 0. The number of rotatable bonds is 15. The molecule has 0 aliphatic carbocycles. The number of fused-ring (bicyclic) bond motifs is 1. The summed E-state index contributed by atoms with van der Waals surface area (Å²) in [5, 5.41) is 47.9. The number of aliphatic carboxylic acids is 1. The van der Waals surface area contributed by atoms with Gasteiger partial charge in [0.05, 0.1) is 11.7 Å². The van der Waals surface area contributed by atoms with Gasteiger partial charge >= 0.3 is 29.6 Å². The van der Waals surface area contributed by atoms with Gasteiger partial charge in [-0.3, -0.25) is 19.7 Å². The fourth-order valence-electron chi connectivity index (χ4n) is 4.64. The molecule has 254 valence electrons. The summed E-state index contributed by atoms with van der Waals surface area (Å²) in [6.07, 6.45) is 5.25. The number of aliphatic hydroxyl groups excluding tert-OH is 1. The Hall–Kier alpha value is -3.50. The van der Waals surface area contributed by atoms with Crippen molar-refractivity contribution < 1.29 is 68.3 Å². The van der Waals surface area contributed by atoms with Crippen molar-refractivity contribution in [2.24, 2.45) is 10.1 Å². The van der Waals surface area contributed by atoms with Crippen LogP contribution in [0.4, 0.5) is 5.13 Å². The summed E-state index contributed by atoms with van der Waals surface area (Å²) in [5.41, 5.74) is 6.51. The molecule has 4 aromatic heterocycles. The second-order valence-electron chi connectivity index (χ2n) is 10.1. The molecule has 50 heavy (non-hydrogen) atoms. The first kappa shape index (κ1) is 37.7. The third kappa shape index (κ3) is 8.86. The molecule has 21 heteroatoms. The molecule has 0 bridgehead atoms. The first-order chi connectivity index (χ1) is 23.8. The standard InChI is InChI=1S/C29H27N9O7S4.Na/c30-28-32-19(15-49-28)20(36-44-11-12-46-29-35-34-24(45-29)18-3-1-2-6-31-18)23(40)33-21-25(41)38-22(27(42)43)16(14-48-26(21)38)13-47-17-4-7-37(8-5-17)9-10-39;/h1-8,15,21,26,39H,9-14H2,(H3-,30,32,33,40,42,43);/q;+1/p-1/b36-20-;/t21-,26-;/m1./s1. The molecule has 1 saturated heterocycles. The van der Waals surface area contributed by atoms with Gasteiger partial charge in [0, 0.05) is 51.8 Å². The van der Waals surface area contributed by atoms with E-state index in [1.807, 2.05) is 29.1 Å². The van der Waals surface area contributed by atoms with Crippen molar-refractivity contribution in [2.45, 2.75) is 28.1 Å². The number of nitrogens with two attached hydrogens (primary N) is 1. The monoisotopic (exact) mass is 763 g/mol. The van der Waals surface area contributed by atoms with Crippen LogP contribution in [0.1, 0.15) is 5.69 Å². The predicted octanol–water partition coefficient (Wildman–Crippen LogP) is -3.19. The molecule has 2 aliphatic heterocycles. The zero-order chi connectivity index (χ0) is 34.3. The number of amides is 1. The fourth-order valence-corrected chi connectivity index (χ4v) is 8.11. The molecule has 3 N–H and O–H groups in total. The van der Waals surface area contributed by atoms with Crippen LogP contribution in [0.25, 0.3) is 11.6 Å². The largest absolute Gasteiger partial charge is 1.00 e. The Kier molecular flexibility index (Phi) is 13.3. The first-order valence-electron chi connectivity index (χ1n) is 14.5. The second kappa shape index (κ2) is 17.6. The van der Waals surface area contributed by atoms with Crippen molar-refractivity contribution in [1.82, 2.24) is 25.1 Å². The number of thiazole rings is 1. The minimum absolute atomic E-state index is 0. The molecular weight excluding hydrogens is 738 g/mol. The number of carbonyl (C=O) groups is 2. The van der Waals surface area contributed by atoms with Gasteiger partial charge in [-0.2, -0.15) is 0 Å². The summed E-state index contributed by atoms with van der Waals surface area (Å²) in [4.78, 5) is 45.2. The Morgan fingerprint density at radius 2 is 2.04 bits per heavy atom. The topological polar surface area (TPSA) is 232 Å². The molecule has 0 spiro atoms. The minimum atomic E-state index is -1.48. The number of carbonyl (C=O) groups excluding carboxylic acids is 2. The van der Waals surface area contributed by atoms with Crippen LogP contribution in [0.3, 0.4) is 0 Å². The van der Waals surface area contributed by atoms with Crippen LogP contribution in [0.2, 0.25) is 0 Å². The number of pyridine rings is 2. The molecule has 6 heterocycles. The Balaban J connectivity index is 0.00000486. The molecule has 0 saturated carbocycles. The average molecular weight is 764 g/mol. The van der Waals surface area contributed by atoms with Gasteiger partial charge in [-0.1, -0.05) is 23.0 Å². The second-order valence-corrected chi connectivity index (χ2v) is 14.2. The van der Waals surface area contributed by atoms with Crippen LogP contribution < -0.4 is 50.1 Å². The normalized spacial score (nSPS) is 17.6. The van der Waals surface area contributed by atoms with Crippen molar-refractivity contribution in [3.63, 3.8) is 0 Å². The summed E-state index contributed by atoms with van der Waals surface area (Å²) in [6, 6.07) is 7.90. The Morgan fingerprint density at radius 1 is 1.22 bits per heavy atom. The molecular formula is C29H26N9NaO7S4. The molecule has 0 unspecified atom stereocenters. The summed E-state index contributed by atoms with van der Waals surface area (Å²) < 4.78 is 7.42. The smallest absolute Gasteiger partial charge is 0.857 e. The SMILES string of the molecule is Nc1nc(/C(=N/OCCSc2nnc(-c3ccccn3)o2)C([O-])=N[C@@H]2C(=O)N3C(C(=O)[O-])=C(CSc4cc[n+](CCO)cc4)CS[C@H]23)cs1.[Na+]. The Labute approximate surface area is 323 Å². The number of carboxylic acids is 1. The molecule has 1 amide bonds. The number of β-lactam (4-membered cyclic amide) rings is 1. The first-order valence-corrected chi connectivity index (χ1v) is 18.4. The number of aliphatic hydroxyl groups is 1. The van der Waals surface area contributed by atoms with E-state index < -0.39 is 29.2 Å². The van der Waals surface area contributed by atoms with Gasteiger partial charge in [-0.15, -0.1) is 45.1 Å².